The minimum atomic E-state index is -0.790. The summed E-state index contributed by atoms with van der Waals surface area (Å²) in [5, 5.41) is 9.62. The molecule has 0 spiro atoms. The minimum absolute atomic E-state index is 0.0830. The highest BCUT2D eigenvalue weighted by molar-refractivity contribution is 5.88. The molecule has 0 bridgehead atoms. The van der Waals surface area contributed by atoms with Gasteiger partial charge in [-0.3, -0.25) is 14.8 Å². The predicted octanol–water partition coefficient (Wildman–Crippen LogP) is 5.28. The van der Waals surface area contributed by atoms with Gasteiger partial charge in [0.25, 0.3) is 0 Å². The number of hydrogen-bond acceptors (Lipinski definition) is 5. The average Bonchev–Trinajstić information content (AvgIpc) is 3.67. The topological polar surface area (TPSA) is 97.8 Å². The molecule has 1 aromatic heterocycles. The van der Waals surface area contributed by atoms with Crippen LogP contribution in [0.2, 0.25) is 0 Å². The molecule has 174 valence electrons. The van der Waals surface area contributed by atoms with Crippen molar-refractivity contribution in [2.45, 2.75) is 45.6 Å². The zero-order chi connectivity index (χ0) is 24.0. The molecule has 0 radical (unpaired) electrons. The summed E-state index contributed by atoms with van der Waals surface area (Å²) in [5.74, 6) is -0.280. The lowest BCUT2D eigenvalue weighted by Crippen LogP contribution is -2.26. The van der Waals surface area contributed by atoms with Gasteiger partial charge in [-0.1, -0.05) is 32.2 Å². The van der Waals surface area contributed by atoms with Crippen molar-refractivity contribution in [2.75, 3.05) is 0 Å². The van der Waals surface area contributed by atoms with Crippen molar-refractivity contribution in [3.8, 4) is 0 Å². The second kappa shape index (κ2) is 10.9. The maximum atomic E-state index is 11.7. The van der Waals surface area contributed by atoms with E-state index in [4.69, 9.17) is 10.5 Å². The van der Waals surface area contributed by atoms with Crippen LogP contribution in [0, 0.1) is 17.8 Å². The Labute approximate surface area is 196 Å². The molecule has 1 aliphatic heterocycles. The largest absolute Gasteiger partial charge is 0.484 e. The van der Waals surface area contributed by atoms with E-state index in [9.17, 15) is 9.90 Å². The van der Waals surface area contributed by atoms with E-state index >= 15 is 0 Å². The van der Waals surface area contributed by atoms with Gasteiger partial charge >= 0.3 is 5.97 Å². The standard InChI is InChI=1S/C27H33N3O3/c1-5-19-9-10-24(18(4)30-16-23(28)21-11-13-29-14-12-21)33-25(19)15-20(6-2)26(22-7-8-22)17(3)27(31)32/h5-6,11-17,22,24,26H,1-2,7-10,28H2,3-4H3,(H,31,32)/b20-15+,23-16-,30-18+. The van der Waals surface area contributed by atoms with Crippen molar-refractivity contribution < 1.29 is 14.6 Å². The first-order chi connectivity index (χ1) is 15.8. The Balaban J connectivity index is 1.84. The maximum Gasteiger partial charge on any atom is 0.306 e. The second-order valence-electron chi connectivity index (χ2n) is 8.67. The number of allylic oxidation sites excluding steroid dienone is 5. The van der Waals surface area contributed by atoms with Crippen LogP contribution in [0.5, 0.6) is 0 Å². The molecule has 3 atom stereocenters. The van der Waals surface area contributed by atoms with Crippen molar-refractivity contribution in [2.24, 2.45) is 28.5 Å². The normalized spacial score (nSPS) is 21.8. The summed E-state index contributed by atoms with van der Waals surface area (Å²) < 4.78 is 6.34. The molecular weight excluding hydrogens is 414 g/mol. The van der Waals surface area contributed by atoms with Crippen molar-refractivity contribution in [3.05, 3.63) is 84.6 Å². The van der Waals surface area contributed by atoms with Gasteiger partial charge in [-0.05, 0) is 73.8 Å². The van der Waals surface area contributed by atoms with E-state index in [1.807, 2.05) is 31.2 Å². The molecule has 1 aromatic rings. The first-order valence-corrected chi connectivity index (χ1v) is 11.3. The molecular formula is C27H33N3O3. The Kier molecular flexibility index (Phi) is 8.04. The number of carboxylic acids is 1. The Morgan fingerprint density at radius 2 is 2.00 bits per heavy atom. The van der Waals surface area contributed by atoms with Gasteiger partial charge in [0.1, 0.15) is 11.9 Å². The summed E-state index contributed by atoms with van der Waals surface area (Å²) in [7, 11) is 0. The molecule has 3 unspecified atom stereocenters. The van der Waals surface area contributed by atoms with Crippen LogP contribution in [-0.4, -0.2) is 27.9 Å². The fourth-order valence-corrected chi connectivity index (χ4v) is 4.22. The third-order valence-electron chi connectivity index (χ3n) is 6.37. The van der Waals surface area contributed by atoms with Gasteiger partial charge in [-0.2, -0.15) is 0 Å². The highest BCUT2D eigenvalue weighted by atomic mass is 16.5. The van der Waals surface area contributed by atoms with Crippen LogP contribution < -0.4 is 5.73 Å². The van der Waals surface area contributed by atoms with Crippen LogP contribution in [0.1, 0.15) is 45.1 Å². The zero-order valence-electron chi connectivity index (χ0n) is 19.4. The zero-order valence-corrected chi connectivity index (χ0v) is 19.4. The van der Waals surface area contributed by atoms with Crippen molar-refractivity contribution >= 4 is 17.4 Å². The van der Waals surface area contributed by atoms with Gasteiger partial charge in [-0.15, -0.1) is 0 Å². The van der Waals surface area contributed by atoms with Crippen molar-refractivity contribution in [1.29, 1.82) is 0 Å². The molecule has 3 rings (SSSR count). The molecule has 2 aliphatic rings. The fourth-order valence-electron chi connectivity index (χ4n) is 4.22. The van der Waals surface area contributed by atoms with Gasteiger partial charge in [0.15, 0.2) is 0 Å². The maximum absolute atomic E-state index is 11.7. The average molecular weight is 448 g/mol. The Morgan fingerprint density at radius 1 is 1.30 bits per heavy atom. The van der Waals surface area contributed by atoms with Crippen molar-refractivity contribution in [1.82, 2.24) is 4.98 Å². The third-order valence-corrected chi connectivity index (χ3v) is 6.37. The van der Waals surface area contributed by atoms with E-state index < -0.39 is 11.9 Å². The number of aliphatic imine (C=N–C) groups is 1. The first-order valence-electron chi connectivity index (χ1n) is 11.3. The first kappa shape index (κ1) is 24.2. The van der Waals surface area contributed by atoms with E-state index in [0.717, 1.165) is 48.1 Å². The number of pyridine rings is 1. The van der Waals surface area contributed by atoms with Crippen LogP contribution >= 0.6 is 0 Å². The summed E-state index contributed by atoms with van der Waals surface area (Å²) >= 11 is 0. The van der Waals surface area contributed by atoms with Gasteiger partial charge in [-0.25, -0.2) is 0 Å². The predicted molar refractivity (Wildman–Crippen MR) is 132 cm³/mol. The van der Waals surface area contributed by atoms with Crippen LogP contribution in [-0.2, 0) is 9.53 Å². The van der Waals surface area contributed by atoms with Crippen LogP contribution in [0.4, 0.5) is 0 Å². The lowest BCUT2D eigenvalue weighted by molar-refractivity contribution is -0.142. The van der Waals surface area contributed by atoms with Crippen LogP contribution in [0.3, 0.4) is 0 Å². The third kappa shape index (κ3) is 6.09. The van der Waals surface area contributed by atoms with Crippen LogP contribution in [0.25, 0.3) is 5.70 Å². The van der Waals surface area contributed by atoms with Gasteiger partial charge in [0, 0.05) is 18.0 Å². The van der Waals surface area contributed by atoms with E-state index in [-0.39, 0.29) is 12.0 Å². The number of carbonyl (C=O) groups is 1. The molecule has 0 aromatic carbocycles. The van der Waals surface area contributed by atoms with E-state index in [1.54, 1.807) is 31.6 Å². The summed E-state index contributed by atoms with van der Waals surface area (Å²) in [6, 6.07) is 3.67. The van der Waals surface area contributed by atoms with E-state index in [2.05, 4.69) is 23.1 Å². The lowest BCUT2D eigenvalue weighted by atomic mass is 9.82. The number of rotatable bonds is 10. The fraction of sp³-hybridized carbons (Fsp3) is 0.370. The van der Waals surface area contributed by atoms with Gasteiger partial charge in [0.2, 0.25) is 0 Å². The number of aliphatic carboxylic acids is 1. The van der Waals surface area contributed by atoms with E-state index in [0.29, 0.717) is 17.4 Å². The molecule has 2 heterocycles. The molecule has 33 heavy (non-hydrogen) atoms. The molecule has 1 aliphatic carbocycles. The summed E-state index contributed by atoms with van der Waals surface area (Å²) in [6.07, 6.45) is 14.0. The van der Waals surface area contributed by atoms with Crippen LogP contribution in [0.15, 0.2) is 84.0 Å². The highest BCUT2D eigenvalue weighted by Gasteiger charge is 2.39. The van der Waals surface area contributed by atoms with Crippen molar-refractivity contribution in [3.63, 3.8) is 0 Å². The van der Waals surface area contributed by atoms with Gasteiger partial charge < -0.3 is 15.6 Å². The smallest absolute Gasteiger partial charge is 0.306 e. The lowest BCUT2D eigenvalue weighted by Gasteiger charge is -2.28. The quantitative estimate of drug-likeness (QED) is 0.376. The molecule has 6 nitrogen and oxygen atoms in total. The Bertz CT molecular complexity index is 1020. The van der Waals surface area contributed by atoms with Gasteiger partial charge in [0.05, 0.1) is 23.5 Å². The number of aromatic nitrogens is 1. The second-order valence-corrected chi connectivity index (χ2v) is 8.67. The summed E-state index contributed by atoms with van der Waals surface area (Å²) in [6.45, 7) is 11.6. The number of nitrogens with zero attached hydrogens (tertiary/aromatic N) is 2. The monoisotopic (exact) mass is 447 g/mol. The molecule has 3 N–H and O–H groups in total. The number of nitrogens with two attached hydrogens (primary N) is 1. The minimum Gasteiger partial charge on any atom is -0.484 e. The SMILES string of the molecule is C=CC1=C(/C=C(\C=C)C(C2CC2)C(C)C(=O)O)OC(/C(C)=N/C=C(\N)c2ccncc2)CC1. The Morgan fingerprint density at radius 3 is 2.58 bits per heavy atom. The molecule has 0 saturated heterocycles. The number of carboxylic acid groups (broad SMARTS) is 1. The molecule has 1 fully saturated rings. The number of hydrogen-bond donors (Lipinski definition) is 2. The van der Waals surface area contributed by atoms with E-state index in [1.165, 1.54) is 0 Å². The Hall–Kier alpha value is -3.41. The molecule has 1 saturated carbocycles. The molecule has 6 heteroatoms. The highest BCUT2D eigenvalue weighted by Crippen LogP contribution is 2.45. The summed E-state index contributed by atoms with van der Waals surface area (Å²) in [4.78, 5) is 20.3. The molecule has 0 amide bonds. The number of ether oxygens (including phenoxy) is 1. The summed E-state index contributed by atoms with van der Waals surface area (Å²) in [5.41, 5.74) is 10.3.